The van der Waals surface area contributed by atoms with Crippen LogP contribution in [0, 0.1) is 0 Å². The van der Waals surface area contributed by atoms with E-state index in [-0.39, 0.29) is 11.7 Å². The van der Waals surface area contributed by atoms with Crippen LogP contribution in [0.25, 0.3) is 11.4 Å². The summed E-state index contributed by atoms with van der Waals surface area (Å²) in [5.74, 6) is 0.710. The van der Waals surface area contributed by atoms with Gasteiger partial charge in [0.2, 0.25) is 11.7 Å². The Kier molecular flexibility index (Phi) is 5.62. The van der Waals surface area contributed by atoms with E-state index in [4.69, 9.17) is 28.3 Å². The van der Waals surface area contributed by atoms with E-state index in [2.05, 4.69) is 20.8 Å². The number of benzene rings is 2. The molecule has 0 fully saturated rings. The van der Waals surface area contributed by atoms with Gasteiger partial charge >= 0.3 is 6.18 Å². The van der Waals surface area contributed by atoms with Crippen molar-refractivity contribution in [3.8, 4) is 11.4 Å². The molecule has 5 nitrogen and oxygen atoms in total. The summed E-state index contributed by atoms with van der Waals surface area (Å²) in [6.07, 6.45) is -4.38. The lowest BCUT2D eigenvalue weighted by molar-refractivity contribution is -0.137. The Balaban J connectivity index is 1.54. The summed E-state index contributed by atoms with van der Waals surface area (Å²) >= 11 is 10.9. The van der Waals surface area contributed by atoms with Gasteiger partial charge in [0.1, 0.15) is 0 Å². The molecule has 0 aliphatic heterocycles. The third kappa shape index (κ3) is 5.18. The average Bonchev–Trinajstić information content (AvgIpc) is 3.09. The fraction of sp³-hybridized carbons (Fsp3) is 0.118. The molecule has 0 unspecified atom stereocenters. The third-order valence-electron chi connectivity index (χ3n) is 3.44. The first-order chi connectivity index (χ1) is 12.8. The number of hydrogen-bond donors (Lipinski definition) is 2. The standard InChI is InChI=1S/C17H12ClF3N4OS/c18-12-5-1-10(2-6-12)15-24-14(26-25-15)9-22-16(27)23-13-7-3-11(4-8-13)17(19,20)21/h1-8H,9H2,(H2,22,23,27). The lowest BCUT2D eigenvalue weighted by Crippen LogP contribution is -2.28. The molecule has 3 rings (SSSR count). The molecule has 0 aliphatic carbocycles. The molecule has 10 heteroatoms. The summed E-state index contributed by atoms with van der Waals surface area (Å²) in [4.78, 5) is 4.23. The fourth-order valence-electron chi connectivity index (χ4n) is 2.12. The van der Waals surface area contributed by atoms with Gasteiger partial charge in [-0.25, -0.2) is 0 Å². The maximum atomic E-state index is 12.5. The van der Waals surface area contributed by atoms with E-state index in [0.717, 1.165) is 17.7 Å². The van der Waals surface area contributed by atoms with E-state index < -0.39 is 11.7 Å². The number of nitrogens with zero attached hydrogens (tertiary/aromatic N) is 2. The summed E-state index contributed by atoms with van der Waals surface area (Å²) < 4.78 is 42.8. The Morgan fingerprint density at radius 3 is 2.37 bits per heavy atom. The lowest BCUT2D eigenvalue weighted by Gasteiger charge is -2.10. The Hall–Kier alpha value is -2.65. The van der Waals surface area contributed by atoms with Gasteiger partial charge in [0.15, 0.2) is 5.11 Å². The van der Waals surface area contributed by atoms with Crippen molar-refractivity contribution in [2.75, 3.05) is 5.32 Å². The molecule has 0 aliphatic rings. The highest BCUT2D eigenvalue weighted by atomic mass is 35.5. The van der Waals surface area contributed by atoms with Crippen molar-refractivity contribution >= 4 is 34.6 Å². The summed E-state index contributed by atoms with van der Waals surface area (Å²) in [6.45, 7) is 0.160. The zero-order chi connectivity index (χ0) is 19.4. The average molecular weight is 413 g/mol. The van der Waals surface area contributed by atoms with Crippen LogP contribution in [0.5, 0.6) is 0 Å². The number of halogens is 4. The minimum Gasteiger partial charge on any atom is -0.353 e. The molecule has 0 atom stereocenters. The zero-order valence-corrected chi connectivity index (χ0v) is 15.1. The smallest absolute Gasteiger partial charge is 0.353 e. The van der Waals surface area contributed by atoms with Gasteiger partial charge in [-0.3, -0.25) is 0 Å². The number of aromatic nitrogens is 2. The second-order valence-electron chi connectivity index (χ2n) is 5.40. The number of hydrogen-bond acceptors (Lipinski definition) is 4. The van der Waals surface area contributed by atoms with Crippen LogP contribution in [0.1, 0.15) is 11.5 Å². The molecule has 0 amide bonds. The van der Waals surface area contributed by atoms with Crippen LogP contribution in [0.15, 0.2) is 53.1 Å². The molecule has 3 aromatic rings. The monoisotopic (exact) mass is 412 g/mol. The van der Waals surface area contributed by atoms with Crippen LogP contribution < -0.4 is 10.6 Å². The van der Waals surface area contributed by atoms with Gasteiger partial charge in [0.05, 0.1) is 12.1 Å². The Labute approximate surface area is 162 Å². The predicted molar refractivity (Wildman–Crippen MR) is 99.2 cm³/mol. The van der Waals surface area contributed by atoms with Gasteiger partial charge in [-0.1, -0.05) is 16.8 Å². The molecule has 2 N–H and O–H groups in total. The Bertz CT molecular complexity index is 927. The van der Waals surface area contributed by atoms with Crippen LogP contribution in [-0.4, -0.2) is 15.3 Å². The SMILES string of the molecule is FC(F)(F)c1ccc(NC(=S)NCc2nc(-c3ccc(Cl)cc3)no2)cc1. The van der Waals surface area contributed by atoms with Gasteiger partial charge in [-0.15, -0.1) is 0 Å². The molecule has 0 bridgehead atoms. The van der Waals surface area contributed by atoms with E-state index >= 15 is 0 Å². The van der Waals surface area contributed by atoms with Crippen molar-refractivity contribution in [2.24, 2.45) is 0 Å². The topological polar surface area (TPSA) is 63.0 Å². The summed E-state index contributed by atoms with van der Waals surface area (Å²) in [7, 11) is 0. The number of anilines is 1. The summed E-state index contributed by atoms with van der Waals surface area (Å²) in [6, 6.07) is 11.5. The van der Waals surface area contributed by atoms with Crippen LogP contribution in [-0.2, 0) is 12.7 Å². The molecular weight excluding hydrogens is 401 g/mol. The Morgan fingerprint density at radius 1 is 1.07 bits per heavy atom. The predicted octanol–water partition coefficient (Wildman–Crippen LogP) is 4.90. The van der Waals surface area contributed by atoms with Gasteiger partial charge < -0.3 is 15.2 Å². The van der Waals surface area contributed by atoms with Crippen LogP contribution in [0.4, 0.5) is 18.9 Å². The van der Waals surface area contributed by atoms with E-state index in [1.54, 1.807) is 24.3 Å². The molecule has 27 heavy (non-hydrogen) atoms. The highest BCUT2D eigenvalue weighted by molar-refractivity contribution is 7.80. The van der Waals surface area contributed by atoms with E-state index in [0.29, 0.717) is 22.4 Å². The van der Waals surface area contributed by atoms with E-state index in [9.17, 15) is 13.2 Å². The summed E-state index contributed by atoms with van der Waals surface area (Å²) in [5, 5.41) is 10.3. The van der Waals surface area contributed by atoms with Crippen LogP contribution in [0.3, 0.4) is 0 Å². The first-order valence-corrected chi connectivity index (χ1v) is 8.40. The highest BCUT2D eigenvalue weighted by Crippen LogP contribution is 2.29. The molecule has 2 aromatic carbocycles. The molecule has 0 spiro atoms. The molecule has 1 aromatic heterocycles. The normalized spacial score (nSPS) is 11.3. The van der Waals surface area contributed by atoms with Gasteiger partial charge in [-0.05, 0) is 60.7 Å². The Morgan fingerprint density at radius 2 is 1.74 bits per heavy atom. The van der Waals surface area contributed by atoms with Crippen molar-refractivity contribution in [1.82, 2.24) is 15.5 Å². The molecule has 0 saturated heterocycles. The second kappa shape index (κ2) is 7.93. The van der Waals surface area contributed by atoms with Crippen molar-refractivity contribution < 1.29 is 17.7 Å². The summed E-state index contributed by atoms with van der Waals surface area (Å²) in [5.41, 5.74) is 0.445. The second-order valence-corrected chi connectivity index (χ2v) is 6.25. The molecular formula is C17H12ClF3N4OS. The van der Waals surface area contributed by atoms with Crippen LogP contribution >= 0.6 is 23.8 Å². The largest absolute Gasteiger partial charge is 0.416 e. The van der Waals surface area contributed by atoms with E-state index in [1.165, 1.54) is 12.1 Å². The number of alkyl halides is 3. The third-order valence-corrected chi connectivity index (χ3v) is 3.94. The highest BCUT2D eigenvalue weighted by Gasteiger charge is 2.29. The fourth-order valence-corrected chi connectivity index (χ4v) is 2.43. The van der Waals surface area contributed by atoms with Crippen molar-refractivity contribution in [1.29, 1.82) is 0 Å². The zero-order valence-electron chi connectivity index (χ0n) is 13.5. The minimum absolute atomic E-state index is 0.160. The minimum atomic E-state index is -4.38. The molecule has 1 heterocycles. The van der Waals surface area contributed by atoms with Crippen molar-refractivity contribution in [3.05, 3.63) is 65.0 Å². The lowest BCUT2D eigenvalue weighted by atomic mass is 10.2. The van der Waals surface area contributed by atoms with Crippen molar-refractivity contribution in [3.63, 3.8) is 0 Å². The van der Waals surface area contributed by atoms with Gasteiger partial charge in [0, 0.05) is 16.3 Å². The van der Waals surface area contributed by atoms with E-state index in [1.807, 2.05) is 0 Å². The number of rotatable bonds is 4. The first kappa shape index (κ1) is 19.1. The molecule has 0 radical (unpaired) electrons. The van der Waals surface area contributed by atoms with Crippen molar-refractivity contribution in [2.45, 2.75) is 12.7 Å². The maximum absolute atomic E-state index is 12.5. The number of nitrogens with one attached hydrogen (secondary N) is 2. The quantitative estimate of drug-likeness (QED) is 0.594. The maximum Gasteiger partial charge on any atom is 0.416 e. The van der Waals surface area contributed by atoms with Gasteiger partial charge in [-0.2, -0.15) is 18.2 Å². The molecule has 0 saturated carbocycles. The number of thiocarbonyl (C=S) groups is 1. The molecule has 140 valence electrons. The van der Waals surface area contributed by atoms with Gasteiger partial charge in [0.25, 0.3) is 0 Å². The first-order valence-electron chi connectivity index (χ1n) is 7.62. The van der Waals surface area contributed by atoms with Crippen LogP contribution in [0.2, 0.25) is 5.02 Å².